The van der Waals surface area contributed by atoms with Crippen LogP contribution < -0.4 is 0 Å². The molecule has 1 saturated heterocycles. The smallest absolute Gasteiger partial charge is 0.304 e. The molecule has 2 aliphatic rings. The van der Waals surface area contributed by atoms with Gasteiger partial charge in [0.2, 0.25) is 5.91 Å². The molecule has 2 fully saturated rings. The molecule has 2 atom stereocenters. The Hall–Kier alpha value is -0.710. The summed E-state index contributed by atoms with van der Waals surface area (Å²) in [7, 11) is 0. The first-order chi connectivity index (χ1) is 9.18. The summed E-state index contributed by atoms with van der Waals surface area (Å²) >= 11 is 1.45. The van der Waals surface area contributed by atoms with Crippen LogP contribution in [0.2, 0.25) is 0 Å². The van der Waals surface area contributed by atoms with E-state index in [0.717, 1.165) is 25.3 Å². The number of fused-ring (bicyclic) bond motifs is 1. The van der Waals surface area contributed by atoms with Crippen LogP contribution in [0.3, 0.4) is 0 Å². The van der Waals surface area contributed by atoms with E-state index < -0.39 is 5.97 Å². The Morgan fingerprint density at radius 3 is 2.68 bits per heavy atom. The summed E-state index contributed by atoms with van der Waals surface area (Å²) in [6, 6.07) is 0.468. The number of hydrogen-bond acceptors (Lipinski definition) is 3. The lowest BCUT2D eigenvalue weighted by Crippen LogP contribution is -2.50. The monoisotopic (exact) mass is 285 g/mol. The molecule has 2 rings (SSSR count). The molecule has 2 unspecified atom stereocenters. The zero-order chi connectivity index (χ0) is 13.7. The fraction of sp³-hybridized carbons (Fsp3) is 0.857. The quantitative estimate of drug-likeness (QED) is 0.788. The molecule has 1 heterocycles. The van der Waals surface area contributed by atoms with E-state index >= 15 is 0 Å². The first kappa shape index (κ1) is 14.7. The highest BCUT2D eigenvalue weighted by Crippen LogP contribution is 2.35. The summed E-state index contributed by atoms with van der Waals surface area (Å²) in [6.07, 6.45) is 7.56. The molecule has 0 aromatic carbocycles. The Labute approximate surface area is 118 Å². The van der Waals surface area contributed by atoms with E-state index in [0.29, 0.717) is 17.5 Å². The first-order valence-electron chi connectivity index (χ1n) is 7.27. The Morgan fingerprint density at radius 1 is 1.16 bits per heavy atom. The molecule has 1 N–H and O–H groups in total. The van der Waals surface area contributed by atoms with Crippen LogP contribution in [0.5, 0.6) is 0 Å². The molecule has 0 bridgehead atoms. The second-order valence-electron chi connectivity index (χ2n) is 5.54. The lowest BCUT2D eigenvalue weighted by atomic mass is 9.78. The minimum absolute atomic E-state index is 0.143. The number of carbonyl (C=O) groups excluding carboxylic acids is 1. The van der Waals surface area contributed by atoms with Gasteiger partial charge in [-0.15, -0.1) is 0 Å². The predicted molar refractivity (Wildman–Crippen MR) is 76.3 cm³/mol. The number of likely N-dealkylation sites (tertiary alicyclic amines) is 1. The van der Waals surface area contributed by atoms with Gasteiger partial charge in [0.25, 0.3) is 0 Å². The molecular formula is C14H23NO3S. The van der Waals surface area contributed by atoms with Crippen LogP contribution >= 0.6 is 11.8 Å². The molecule has 108 valence electrons. The molecule has 4 nitrogen and oxygen atoms in total. The van der Waals surface area contributed by atoms with Gasteiger partial charge in [0.05, 0.1) is 12.2 Å². The fourth-order valence-corrected chi connectivity index (χ4v) is 4.14. The zero-order valence-electron chi connectivity index (χ0n) is 11.3. The van der Waals surface area contributed by atoms with Gasteiger partial charge in [-0.25, -0.2) is 0 Å². The average molecular weight is 285 g/mol. The van der Waals surface area contributed by atoms with E-state index in [1.165, 1.54) is 37.4 Å². The second-order valence-corrected chi connectivity index (χ2v) is 6.64. The van der Waals surface area contributed by atoms with Gasteiger partial charge in [0.1, 0.15) is 0 Å². The Kier molecular flexibility index (Phi) is 5.55. The van der Waals surface area contributed by atoms with Gasteiger partial charge in [-0.05, 0) is 31.6 Å². The lowest BCUT2D eigenvalue weighted by molar-refractivity contribution is -0.137. The summed E-state index contributed by atoms with van der Waals surface area (Å²) in [5.41, 5.74) is 0. The SMILES string of the molecule is O=C(O)CCSCC(=O)N1CCCC2CCCCC21. The number of carboxylic acids is 1. The molecule has 1 amide bonds. The van der Waals surface area contributed by atoms with E-state index in [-0.39, 0.29) is 12.3 Å². The highest BCUT2D eigenvalue weighted by molar-refractivity contribution is 7.99. The molecule has 0 aromatic heterocycles. The fourth-order valence-electron chi connectivity index (χ4n) is 3.34. The number of nitrogens with zero attached hydrogens (tertiary/aromatic N) is 1. The van der Waals surface area contributed by atoms with Gasteiger partial charge in [0, 0.05) is 18.3 Å². The first-order valence-corrected chi connectivity index (χ1v) is 8.43. The normalized spacial score (nSPS) is 26.8. The van der Waals surface area contributed by atoms with Crippen molar-refractivity contribution in [2.45, 2.75) is 51.0 Å². The standard InChI is InChI=1S/C14H23NO3S/c16-13(10-19-9-7-14(17)18)15-8-3-5-11-4-1-2-6-12(11)15/h11-12H,1-10H2,(H,17,18). The van der Waals surface area contributed by atoms with E-state index in [9.17, 15) is 9.59 Å². The van der Waals surface area contributed by atoms with Crippen molar-refractivity contribution in [2.75, 3.05) is 18.1 Å². The predicted octanol–water partition coefficient (Wildman–Crippen LogP) is 2.38. The van der Waals surface area contributed by atoms with Gasteiger partial charge in [-0.2, -0.15) is 11.8 Å². The van der Waals surface area contributed by atoms with Crippen LogP contribution in [0.15, 0.2) is 0 Å². The summed E-state index contributed by atoms with van der Waals surface area (Å²) < 4.78 is 0. The summed E-state index contributed by atoms with van der Waals surface area (Å²) in [5.74, 6) is 1.12. The summed E-state index contributed by atoms with van der Waals surface area (Å²) in [5, 5.41) is 8.57. The minimum Gasteiger partial charge on any atom is -0.481 e. The van der Waals surface area contributed by atoms with Crippen molar-refractivity contribution in [1.82, 2.24) is 4.90 Å². The van der Waals surface area contributed by atoms with Crippen molar-refractivity contribution in [3.63, 3.8) is 0 Å². The van der Waals surface area contributed by atoms with Crippen LogP contribution in [0.25, 0.3) is 0 Å². The second kappa shape index (κ2) is 7.17. The lowest BCUT2D eigenvalue weighted by Gasteiger charge is -2.44. The van der Waals surface area contributed by atoms with Crippen molar-refractivity contribution in [1.29, 1.82) is 0 Å². The number of rotatable bonds is 5. The largest absolute Gasteiger partial charge is 0.481 e. The maximum absolute atomic E-state index is 12.3. The maximum atomic E-state index is 12.3. The number of thioether (sulfide) groups is 1. The van der Waals surface area contributed by atoms with Crippen LogP contribution in [0.1, 0.15) is 44.9 Å². The van der Waals surface area contributed by atoms with Crippen molar-refractivity contribution in [3.8, 4) is 0 Å². The highest BCUT2D eigenvalue weighted by atomic mass is 32.2. The number of carboxylic acid groups (broad SMARTS) is 1. The van der Waals surface area contributed by atoms with Crippen molar-refractivity contribution in [2.24, 2.45) is 5.92 Å². The van der Waals surface area contributed by atoms with E-state index in [1.807, 2.05) is 0 Å². The number of piperidine rings is 1. The molecule has 1 saturated carbocycles. The van der Waals surface area contributed by atoms with Gasteiger partial charge in [-0.1, -0.05) is 12.8 Å². The van der Waals surface area contributed by atoms with Crippen LogP contribution in [-0.4, -0.2) is 46.0 Å². The Bertz CT molecular complexity index is 333. The molecular weight excluding hydrogens is 262 g/mol. The van der Waals surface area contributed by atoms with Gasteiger partial charge in [-0.3, -0.25) is 9.59 Å². The zero-order valence-corrected chi connectivity index (χ0v) is 12.2. The van der Waals surface area contributed by atoms with Gasteiger partial charge < -0.3 is 10.0 Å². The summed E-state index contributed by atoms with van der Waals surface area (Å²) in [6.45, 7) is 0.902. The molecule has 1 aliphatic carbocycles. The number of amides is 1. The molecule has 19 heavy (non-hydrogen) atoms. The van der Waals surface area contributed by atoms with E-state index in [1.54, 1.807) is 0 Å². The van der Waals surface area contributed by atoms with Crippen molar-refractivity contribution < 1.29 is 14.7 Å². The molecule has 0 aromatic rings. The van der Waals surface area contributed by atoms with Gasteiger partial charge in [0.15, 0.2) is 0 Å². The third-order valence-electron chi connectivity index (χ3n) is 4.25. The molecule has 0 radical (unpaired) electrons. The Morgan fingerprint density at radius 2 is 1.89 bits per heavy atom. The molecule has 0 spiro atoms. The summed E-state index contributed by atoms with van der Waals surface area (Å²) in [4.78, 5) is 24.8. The van der Waals surface area contributed by atoms with Crippen molar-refractivity contribution >= 4 is 23.6 Å². The molecule has 1 aliphatic heterocycles. The minimum atomic E-state index is -0.787. The number of aliphatic carboxylic acids is 1. The van der Waals surface area contributed by atoms with Crippen LogP contribution in [-0.2, 0) is 9.59 Å². The van der Waals surface area contributed by atoms with Crippen molar-refractivity contribution in [3.05, 3.63) is 0 Å². The van der Waals surface area contributed by atoms with E-state index in [4.69, 9.17) is 5.11 Å². The Balaban J connectivity index is 1.78. The topological polar surface area (TPSA) is 57.6 Å². The van der Waals surface area contributed by atoms with E-state index in [2.05, 4.69) is 4.90 Å². The highest BCUT2D eigenvalue weighted by Gasteiger charge is 2.35. The van der Waals surface area contributed by atoms with Gasteiger partial charge >= 0.3 is 5.97 Å². The van der Waals surface area contributed by atoms with Crippen LogP contribution in [0.4, 0.5) is 0 Å². The molecule has 5 heteroatoms. The number of carbonyl (C=O) groups is 2. The maximum Gasteiger partial charge on any atom is 0.304 e. The van der Waals surface area contributed by atoms with Crippen LogP contribution in [0, 0.1) is 5.92 Å². The third-order valence-corrected chi connectivity index (χ3v) is 5.19. The number of hydrogen-bond donors (Lipinski definition) is 1. The third kappa shape index (κ3) is 4.13. The average Bonchev–Trinajstić information content (AvgIpc) is 2.42.